The Morgan fingerprint density at radius 2 is 2.38 bits per heavy atom. The van der Waals surface area contributed by atoms with E-state index in [4.69, 9.17) is 5.11 Å². The maximum atomic E-state index is 8.74. The quantitative estimate of drug-likeness (QED) is 0.660. The SMILES string of the molecule is CC#CCN1CCCC1CCCO. The number of nitrogens with zero attached hydrogens (tertiary/aromatic N) is 1. The number of likely N-dealkylation sites (tertiary alicyclic amines) is 1. The molecule has 1 saturated heterocycles. The van der Waals surface area contributed by atoms with Crippen LogP contribution in [0.2, 0.25) is 0 Å². The maximum Gasteiger partial charge on any atom is 0.0603 e. The molecule has 2 nitrogen and oxygen atoms in total. The summed E-state index contributed by atoms with van der Waals surface area (Å²) in [6.45, 7) is 4.31. The van der Waals surface area contributed by atoms with Gasteiger partial charge in [0.05, 0.1) is 6.54 Å². The minimum absolute atomic E-state index is 0.323. The second-order valence-electron chi connectivity index (χ2n) is 3.56. The predicted octanol–water partition coefficient (Wildman–Crippen LogP) is 1.25. The van der Waals surface area contributed by atoms with Crippen molar-refractivity contribution in [2.45, 2.75) is 38.6 Å². The summed E-state index contributed by atoms with van der Waals surface area (Å²) in [6, 6.07) is 0.674. The zero-order chi connectivity index (χ0) is 9.52. The van der Waals surface area contributed by atoms with Crippen LogP contribution in [0, 0.1) is 11.8 Å². The zero-order valence-electron chi connectivity index (χ0n) is 8.42. The summed E-state index contributed by atoms with van der Waals surface area (Å²) in [7, 11) is 0. The van der Waals surface area contributed by atoms with Gasteiger partial charge < -0.3 is 5.11 Å². The van der Waals surface area contributed by atoms with Gasteiger partial charge in [0.2, 0.25) is 0 Å². The molecule has 1 rings (SSSR count). The van der Waals surface area contributed by atoms with Crippen LogP contribution in [0.5, 0.6) is 0 Å². The van der Waals surface area contributed by atoms with Crippen LogP contribution in [-0.2, 0) is 0 Å². The fourth-order valence-corrected chi connectivity index (χ4v) is 1.94. The monoisotopic (exact) mass is 181 g/mol. The Bertz CT molecular complexity index is 192. The van der Waals surface area contributed by atoms with Crippen molar-refractivity contribution in [1.29, 1.82) is 0 Å². The summed E-state index contributed by atoms with van der Waals surface area (Å²) in [5, 5.41) is 8.74. The molecule has 13 heavy (non-hydrogen) atoms. The number of rotatable bonds is 4. The molecule has 1 fully saturated rings. The fraction of sp³-hybridized carbons (Fsp3) is 0.818. The van der Waals surface area contributed by atoms with Crippen molar-refractivity contribution in [3.05, 3.63) is 0 Å². The molecule has 0 aliphatic carbocycles. The molecular weight excluding hydrogens is 162 g/mol. The topological polar surface area (TPSA) is 23.5 Å². The summed E-state index contributed by atoms with van der Waals surface area (Å²) < 4.78 is 0. The maximum absolute atomic E-state index is 8.74. The smallest absolute Gasteiger partial charge is 0.0603 e. The largest absolute Gasteiger partial charge is 0.396 e. The minimum Gasteiger partial charge on any atom is -0.396 e. The molecule has 0 saturated carbocycles. The van der Waals surface area contributed by atoms with Gasteiger partial charge in [-0.2, -0.15) is 0 Å². The Hall–Kier alpha value is -0.520. The molecule has 0 aromatic heterocycles. The highest BCUT2D eigenvalue weighted by molar-refractivity contribution is 4.99. The van der Waals surface area contributed by atoms with Gasteiger partial charge in [-0.15, -0.1) is 5.92 Å². The van der Waals surface area contributed by atoms with Crippen LogP contribution in [0.4, 0.5) is 0 Å². The third kappa shape index (κ3) is 3.38. The first-order valence-corrected chi connectivity index (χ1v) is 5.13. The van der Waals surface area contributed by atoms with Crippen molar-refractivity contribution in [3.8, 4) is 11.8 Å². The van der Waals surface area contributed by atoms with E-state index in [2.05, 4.69) is 16.7 Å². The molecule has 0 aromatic rings. The van der Waals surface area contributed by atoms with E-state index in [1.807, 2.05) is 6.92 Å². The van der Waals surface area contributed by atoms with Gasteiger partial charge in [0.15, 0.2) is 0 Å². The molecule has 1 atom stereocenters. The number of aliphatic hydroxyl groups excluding tert-OH is 1. The van der Waals surface area contributed by atoms with Crippen LogP contribution in [0.25, 0.3) is 0 Å². The number of aliphatic hydroxyl groups is 1. The lowest BCUT2D eigenvalue weighted by molar-refractivity contribution is 0.232. The Kier molecular flexibility index (Phi) is 4.88. The lowest BCUT2D eigenvalue weighted by Crippen LogP contribution is -2.29. The summed E-state index contributed by atoms with van der Waals surface area (Å²) in [5.74, 6) is 6.04. The van der Waals surface area contributed by atoms with E-state index < -0.39 is 0 Å². The lowest BCUT2D eigenvalue weighted by atomic mass is 10.1. The van der Waals surface area contributed by atoms with Crippen molar-refractivity contribution in [1.82, 2.24) is 4.90 Å². The molecular formula is C11H19NO. The summed E-state index contributed by atoms with van der Waals surface area (Å²) in [4.78, 5) is 2.44. The third-order valence-corrected chi connectivity index (χ3v) is 2.65. The van der Waals surface area contributed by atoms with Gasteiger partial charge in [-0.1, -0.05) is 5.92 Å². The minimum atomic E-state index is 0.323. The second-order valence-corrected chi connectivity index (χ2v) is 3.56. The fourth-order valence-electron chi connectivity index (χ4n) is 1.94. The van der Waals surface area contributed by atoms with Gasteiger partial charge in [0.1, 0.15) is 0 Å². The molecule has 1 N–H and O–H groups in total. The van der Waals surface area contributed by atoms with Crippen molar-refractivity contribution < 1.29 is 5.11 Å². The summed E-state index contributed by atoms with van der Waals surface area (Å²) in [6.07, 6.45) is 4.63. The van der Waals surface area contributed by atoms with Crippen LogP contribution in [0.3, 0.4) is 0 Å². The highest BCUT2D eigenvalue weighted by atomic mass is 16.2. The molecule has 0 bridgehead atoms. The van der Waals surface area contributed by atoms with E-state index >= 15 is 0 Å². The number of hydrogen-bond donors (Lipinski definition) is 1. The third-order valence-electron chi connectivity index (χ3n) is 2.65. The Labute approximate surface area is 80.9 Å². The molecule has 1 unspecified atom stereocenters. The first-order valence-electron chi connectivity index (χ1n) is 5.13. The van der Waals surface area contributed by atoms with Crippen molar-refractivity contribution in [3.63, 3.8) is 0 Å². The van der Waals surface area contributed by atoms with E-state index in [1.54, 1.807) is 0 Å². The van der Waals surface area contributed by atoms with Crippen LogP contribution in [-0.4, -0.2) is 35.7 Å². The molecule has 0 radical (unpaired) electrons. The van der Waals surface area contributed by atoms with Gasteiger partial charge in [0.25, 0.3) is 0 Å². The molecule has 74 valence electrons. The number of hydrogen-bond acceptors (Lipinski definition) is 2. The van der Waals surface area contributed by atoms with E-state index in [9.17, 15) is 0 Å². The Morgan fingerprint density at radius 3 is 3.08 bits per heavy atom. The normalized spacial score (nSPS) is 22.8. The van der Waals surface area contributed by atoms with Crippen LogP contribution in [0.1, 0.15) is 32.6 Å². The zero-order valence-corrected chi connectivity index (χ0v) is 8.42. The van der Waals surface area contributed by atoms with Gasteiger partial charge in [-0.05, 0) is 39.2 Å². The van der Waals surface area contributed by atoms with E-state index in [-0.39, 0.29) is 0 Å². The average molecular weight is 181 g/mol. The standard InChI is InChI=1S/C11H19NO/c1-2-3-8-12-9-4-6-11(12)7-5-10-13/h11,13H,4-10H2,1H3. The Morgan fingerprint density at radius 1 is 1.54 bits per heavy atom. The first-order chi connectivity index (χ1) is 6.38. The first kappa shape index (κ1) is 10.6. The predicted molar refractivity (Wildman–Crippen MR) is 54.4 cm³/mol. The van der Waals surface area contributed by atoms with Crippen molar-refractivity contribution >= 4 is 0 Å². The molecule has 2 heteroatoms. The molecule has 0 spiro atoms. The average Bonchev–Trinajstić information content (AvgIpc) is 2.59. The van der Waals surface area contributed by atoms with Gasteiger partial charge in [0, 0.05) is 12.6 Å². The van der Waals surface area contributed by atoms with Crippen LogP contribution < -0.4 is 0 Å². The highest BCUT2D eigenvalue weighted by Crippen LogP contribution is 2.20. The van der Waals surface area contributed by atoms with E-state index in [0.29, 0.717) is 12.6 Å². The van der Waals surface area contributed by atoms with E-state index in [1.165, 1.54) is 19.4 Å². The highest BCUT2D eigenvalue weighted by Gasteiger charge is 2.22. The van der Waals surface area contributed by atoms with Gasteiger partial charge in [-0.3, -0.25) is 4.90 Å². The summed E-state index contributed by atoms with van der Waals surface area (Å²) >= 11 is 0. The molecule has 1 heterocycles. The Balaban J connectivity index is 2.28. The second kappa shape index (κ2) is 6.01. The molecule has 1 aliphatic rings. The van der Waals surface area contributed by atoms with Crippen molar-refractivity contribution in [2.75, 3.05) is 19.7 Å². The van der Waals surface area contributed by atoms with Crippen LogP contribution >= 0.6 is 0 Å². The lowest BCUT2D eigenvalue weighted by Gasteiger charge is -2.21. The molecule has 1 aliphatic heterocycles. The van der Waals surface area contributed by atoms with Crippen LogP contribution in [0.15, 0.2) is 0 Å². The summed E-state index contributed by atoms with van der Waals surface area (Å²) in [5.41, 5.74) is 0. The van der Waals surface area contributed by atoms with Gasteiger partial charge >= 0.3 is 0 Å². The molecule has 0 amide bonds. The van der Waals surface area contributed by atoms with Crippen molar-refractivity contribution in [2.24, 2.45) is 0 Å². The van der Waals surface area contributed by atoms with E-state index in [0.717, 1.165) is 19.4 Å². The molecule has 0 aromatic carbocycles. The van der Waals surface area contributed by atoms with Gasteiger partial charge in [-0.25, -0.2) is 0 Å².